The van der Waals surface area contributed by atoms with Crippen LogP contribution in [0.15, 0.2) is 59.5 Å². The number of benzene rings is 2. The Morgan fingerprint density at radius 3 is 2.30 bits per heavy atom. The van der Waals surface area contributed by atoms with E-state index in [2.05, 4.69) is 5.32 Å². The number of hydrogen-bond acceptors (Lipinski definition) is 4. The van der Waals surface area contributed by atoms with Crippen molar-refractivity contribution in [3.63, 3.8) is 0 Å². The van der Waals surface area contributed by atoms with Crippen molar-refractivity contribution in [3.8, 4) is 0 Å². The Balaban J connectivity index is 1.87. The number of anilines is 1. The summed E-state index contributed by atoms with van der Waals surface area (Å²) in [6, 6.07) is 17.6. The van der Waals surface area contributed by atoms with Crippen LogP contribution in [0.1, 0.15) is 18.5 Å². The second-order valence-electron chi connectivity index (χ2n) is 6.51. The van der Waals surface area contributed by atoms with E-state index in [0.717, 1.165) is 16.1 Å². The molecule has 0 heterocycles. The number of rotatable bonds is 8. The van der Waals surface area contributed by atoms with Gasteiger partial charge in [0.1, 0.15) is 0 Å². The summed E-state index contributed by atoms with van der Waals surface area (Å²) in [4.78, 5) is 29.3. The normalized spacial score (nSPS) is 11.9. The summed E-state index contributed by atoms with van der Waals surface area (Å²) in [6.45, 7) is 2.34. The molecule has 0 saturated carbocycles. The average Bonchev–Trinajstić information content (AvgIpc) is 2.67. The Labute approximate surface area is 165 Å². The molecular formula is C21H27N3O2S. The number of likely N-dealkylation sites (N-methyl/N-ethyl adjacent to an activating group) is 2. The third kappa shape index (κ3) is 6.12. The minimum Gasteiger partial charge on any atom is -0.338 e. The van der Waals surface area contributed by atoms with Crippen molar-refractivity contribution in [3.05, 3.63) is 60.2 Å². The molecule has 0 radical (unpaired) electrons. The molecule has 2 amide bonds. The van der Waals surface area contributed by atoms with Crippen LogP contribution < -0.4 is 5.32 Å². The number of nitrogens with zero attached hydrogens (tertiary/aromatic N) is 2. The molecule has 0 aliphatic rings. The highest BCUT2D eigenvalue weighted by atomic mass is 32.2. The van der Waals surface area contributed by atoms with Crippen LogP contribution >= 0.6 is 11.8 Å². The molecule has 5 nitrogen and oxygen atoms in total. The van der Waals surface area contributed by atoms with Gasteiger partial charge in [-0.15, -0.1) is 11.8 Å². The molecule has 1 N–H and O–H groups in total. The number of carbonyl (C=O) groups excluding carboxylic acids is 2. The summed E-state index contributed by atoms with van der Waals surface area (Å²) in [5.74, 6) is -0.156. The third-order valence-electron chi connectivity index (χ3n) is 4.46. The fourth-order valence-electron chi connectivity index (χ4n) is 2.75. The third-order valence-corrected chi connectivity index (χ3v) is 5.25. The topological polar surface area (TPSA) is 52.7 Å². The highest BCUT2D eigenvalue weighted by Crippen LogP contribution is 2.24. The Morgan fingerprint density at radius 2 is 1.63 bits per heavy atom. The van der Waals surface area contributed by atoms with Crippen LogP contribution in [-0.4, -0.2) is 55.1 Å². The SMILES string of the molecule is CSc1ccccc1NC(=O)CN(C)CC(=O)N(C)[C@H](C)c1ccccc1. The van der Waals surface area contributed by atoms with Gasteiger partial charge in [-0.05, 0) is 37.9 Å². The quantitative estimate of drug-likeness (QED) is 0.707. The minimum atomic E-state index is -0.134. The van der Waals surface area contributed by atoms with Gasteiger partial charge in [-0.2, -0.15) is 0 Å². The predicted octanol–water partition coefficient (Wildman–Crippen LogP) is 3.50. The van der Waals surface area contributed by atoms with Crippen LogP contribution in [0.2, 0.25) is 0 Å². The molecule has 0 aliphatic heterocycles. The lowest BCUT2D eigenvalue weighted by Gasteiger charge is -2.27. The number of para-hydroxylation sites is 1. The molecular weight excluding hydrogens is 358 g/mol. The Morgan fingerprint density at radius 1 is 1.00 bits per heavy atom. The number of hydrogen-bond donors (Lipinski definition) is 1. The zero-order valence-corrected chi connectivity index (χ0v) is 17.1. The van der Waals surface area contributed by atoms with E-state index in [-0.39, 0.29) is 30.9 Å². The molecule has 1 atom stereocenters. The van der Waals surface area contributed by atoms with Gasteiger partial charge in [0.25, 0.3) is 0 Å². The molecule has 0 bridgehead atoms. The van der Waals surface area contributed by atoms with Crippen molar-refractivity contribution in [2.45, 2.75) is 17.9 Å². The van der Waals surface area contributed by atoms with Gasteiger partial charge in [0.15, 0.2) is 0 Å². The zero-order valence-electron chi connectivity index (χ0n) is 16.3. The first-order valence-electron chi connectivity index (χ1n) is 8.84. The van der Waals surface area contributed by atoms with E-state index in [9.17, 15) is 9.59 Å². The van der Waals surface area contributed by atoms with Crippen LogP contribution in [0.5, 0.6) is 0 Å². The first-order chi connectivity index (χ1) is 12.9. The van der Waals surface area contributed by atoms with Gasteiger partial charge < -0.3 is 10.2 Å². The van der Waals surface area contributed by atoms with E-state index in [1.807, 2.05) is 67.8 Å². The summed E-state index contributed by atoms with van der Waals surface area (Å²) in [5.41, 5.74) is 1.88. The van der Waals surface area contributed by atoms with Gasteiger partial charge in [0.05, 0.1) is 24.8 Å². The van der Waals surface area contributed by atoms with E-state index in [1.165, 1.54) is 0 Å². The Hall–Kier alpha value is -2.31. The van der Waals surface area contributed by atoms with Crippen LogP contribution in [0.25, 0.3) is 0 Å². The number of amides is 2. The van der Waals surface area contributed by atoms with Crippen LogP contribution in [0.4, 0.5) is 5.69 Å². The molecule has 27 heavy (non-hydrogen) atoms. The lowest BCUT2D eigenvalue weighted by atomic mass is 10.1. The van der Waals surface area contributed by atoms with Crippen molar-refractivity contribution in [2.24, 2.45) is 0 Å². The molecule has 0 saturated heterocycles. The molecule has 144 valence electrons. The smallest absolute Gasteiger partial charge is 0.238 e. The second kappa shape index (κ2) is 10.1. The van der Waals surface area contributed by atoms with Gasteiger partial charge in [-0.25, -0.2) is 0 Å². The largest absolute Gasteiger partial charge is 0.338 e. The number of nitrogens with one attached hydrogen (secondary N) is 1. The lowest BCUT2D eigenvalue weighted by molar-refractivity contribution is -0.133. The van der Waals surface area contributed by atoms with Gasteiger partial charge in [-0.1, -0.05) is 42.5 Å². The van der Waals surface area contributed by atoms with E-state index >= 15 is 0 Å². The molecule has 6 heteroatoms. The summed E-state index contributed by atoms with van der Waals surface area (Å²) < 4.78 is 0. The molecule has 0 unspecified atom stereocenters. The molecule has 2 aromatic carbocycles. The van der Waals surface area contributed by atoms with E-state index in [1.54, 1.807) is 35.7 Å². The number of carbonyl (C=O) groups is 2. The first-order valence-corrected chi connectivity index (χ1v) is 10.1. The highest BCUT2D eigenvalue weighted by molar-refractivity contribution is 7.98. The zero-order chi connectivity index (χ0) is 19.8. The molecule has 0 aliphatic carbocycles. The molecule has 0 aromatic heterocycles. The van der Waals surface area contributed by atoms with Crippen molar-refractivity contribution < 1.29 is 9.59 Å². The van der Waals surface area contributed by atoms with Crippen molar-refractivity contribution in [1.29, 1.82) is 0 Å². The maximum absolute atomic E-state index is 12.6. The molecule has 0 spiro atoms. The number of thioether (sulfide) groups is 1. The summed E-state index contributed by atoms with van der Waals surface area (Å²) >= 11 is 1.58. The summed E-state index contributed by atoms with van der Waals surface area (Å²) in [6.07, 6.45) is 1.97. The van der Waals surface area contributed by atoms with Gasteiger partial charge in [0.2, 0.25) is 11.8 Å². The maximum Gasteiger partial charge on any atom is 0.238 e. The minimum absolute atomic E-state index is 0.0191. The highest BCUT2D eigenvalue weighted by Gasteiger charge is 2.19. The van der Waals surface area contributed by atoms with E-state index in [4.69, 9.17) is 0 Å². The van der Waals surface area contributed by atoms with E-state index in [0.29, 0.717) is 0 Å². The molecule has 2 rings (SSSR count). The summed E-state index contributed by atoms with van der Waals surface area (Å²) in [5, 5.41) is 2.92. The predicted molar refractivity (Wildman–Crippen MR) is 112 cm³/mol. The van der Waals surface area contributed by atoms with Crippen LogP contribution in [0, 0.1) is 0 Å². The maximum atomic E-state index is 12.6. The first kappa shape index (κ1) is 21.0. The van der Waals surface area contributed by atoms with Crippen molar-refractivity contribution in [2.75, 3.05) is 38.8 Å². The van der Waals surface area contributed by atoms with Crippen molar-refractivity contribution >= 4 is 29.3 Å². The lowest BCUT2D eigenvalue weighted by Crippen LogP contribution is -2.40. The van der Waals surface area contributed by atoms with Crippen LogP contribution in [0.3, 0.4) is 0 Å². The standard InChI is InChI=1S/C21H27N3O2S/c1-16(17-10-6-5-7-11-17)24(3)21(26)15-23(2)14-20(25)22-18-12-8-9-13-19(18)27-4/h5-13,16H,14-15H2,1-4H3,(H,22,25)/t16-/m1/s1. The fraction of sp³-hybridized carbons (Fsp3) is 0.333. The van der Waals surface area contributed by atoms with Gasteiger partial charge in [0, 0.05) is 11.9 Å². The molecule has 2 aromatic rings. The summed E-state index contributed by atoms with van der Waals surface area (Å²) in [7, 11) is 3.57. The second-order valence-corrected chi connectivity index (χ2v) is 7.36. The average molecular weight is 386 g/mol. The molecule has 0 fully saturated rings. The monoisotopic (exact) mass is 385 g/mol. The van der Waals surface area contributed by atoms with Gasteiger partial charge in [-0.3, -0.25) is 14.5 Å². The fourth-order valence-corrected chi connectivity index (χ4v) is 3.31. The Bertz CT molecular complexity index is 767. The Kier molecular flexibility index (Phi) is 7.88. The van der Waals surface area contributed by atoms with E-state index < -0.39 is 0 Å². The van der Waals surface area contributed by atoms with Gasteiger partial charge >= 0.3 is 0 Å². The van der Waals surface area contributed by atoms with Crippen LogP contribution in [-0.2, 0) is 9.59 Å². The van der Waals surface area contributed by atoms with Crippen molar-refractivity contribution in [1.82, 2.24) is 9.80 Å².